The first-order chi connectivity index (χ1) is 8.58. The molecule has 1 amide bonds. The van der Waals surface area contributed by atoms with Crippen LogP contribution in [0.4, 0.5) is 18.9 Å². The van der Waals surface area contributed by atoms with Crippen molar-refractivity contribution in [1.82, 2.24) is 5.32 Å². The predicted octanol–water partition coefficient (Wildman–Crippen LogP) is 2.18. The van der Waals surface area contributed by atoms with E-state index in [9.17, 15) is 18.0 Å². The molecule has 18 heavy (non-hydrogen) atoms. The van der Waals surface area contributed by atoms with E-state index in [1.165, 1.54) is 0 Å². The molecule has 0 bridgehead atoms. The van der Waals surface area contributed by atoms with Crippen molar-refractivity contribution in [2.24, 2.45) is 0 Å². The Bertz CT molecular complexity index is 459. The Morgan fingerprint density at radius 1 is 1.17 bits per heavy atom. The Morgan fingerprint density at radius 2 is 1.89 bits per heavy atom. The van der Waals surface area contributed by atoms with Crippen LogP contribution in [0.2, 0.25) is 0 Å². The lowest BCUT2D eigenvalue weighted by Crippen LogP contribution is -2.43. The second-order valence-electron chi connectivity index (χ2n) is 4.24. The van der Waals surface area contributed by atoms with E-state index in [0.29, 0.717) is 18.6 Å². The maximum Gasteiger partial charge on any atom is 0.241 e. The SMILES string of the molecule is O=C(Nc1cc(F)c(F)cc1F)[C@H]1CCCCN1. The molecule has 0 saturated carbocycles. The van der Waals surface area contributed by atoms with Crippen LogP contribution in [0.5, 0.6) is 0 Å². The van der Waals surface area contributed by atoms with Crippen molar-refractivity contribution in [3.05, 3.63) is 29.6 Å². The van der Waals surface area contributed by atoms with Crippen LogP contribution in [0.25, 0.3) is 0 Å². The van der Waals surface area contributed by atoms with Gasteiger partial charge >= 0.3 is 0 Å². The molecule has 0 radical (unpaired) electrons. The zero-order chi connectivity index (χ0) is 13.1. The number of hydrogen-bond acceptors (Lipinski definition) is 2. The van der Waals surface area contributed by atoms with Crippen LogP contribution in [0.3, 0.4) is 0 Å². The van der Waals surface area contributed by atoms with Gasteiger partial charge in [0.2, 0.25) is 5.91 Å². The maximum absolute atomic E-state index is 13.3. The van der Waals surface area contributed by atoms with Crippen LogP contribution in [0.15, 0.2) is 12.1 Å². The molecule has 1 aliphatic heterocycles. The van der Waals surface area contributed by atoms with Crippen molar-refractivity contribution >= 4 is 11.6 Å². The number of amides is 1. The van der Waals surface area contributed by atoms with Gasteiger partial charge in [0, 0.05) is 12.1 Å². The quantitative estimate of drug-likeness (QED) is 0.798. The number of carbonyl (C=O) groups is 1. The highest BCUT2D eigenvalue weighted by Gasteiger charge is 2.22. The van der Waals surface area contributed by atoms with Gasteiger partial charge in [0.05, 0.1) is 11.7 Å². The van der Waals surface area contributed by atoms with Crippen molar-refractivity contribution in [2.75, 3.05) is 11.9 Å². The Morgan fingerprint density at radius 3 is 2.56 bits per heavy atom. The van der Waals surface area contributed by atoms with Gasteiger partial charge in [-0.1, -0.05) is 6.42 Å². The largest absolute Gasteiger partial charge is 0.322 e. The summed E-state index contributed by atoms with van der Waals surface area (Å²) < 4.78 is 39.0. The van der Waals surface area contributed by atoms with E-state index < -0.39 is 29.4 Å². The molecule has 3 nitrogen and oxygen atoms in total. The fourth-order valence-corrected chi connectivity index (χ4v) is 1.91. The van der Waals surface area contributed by atoms with E-state index in [4.69, 9.17) is 0 Å². The molecule has 2 N–H and O–H groups in total. The summed E-state index contributed by atoms with van der Waals surface area (Å²) in [6, 6.07) is 0.649. The lowest BCUT2D eigenvalue weighted by Gasteiger charge is -2.22. The number of benzene rings is 1. The van der Waals surface area contributed by atoms with Gasteiger partial charge in [-0.2, -0.15) is 0 Å². The van der Waals surface area contributed by atoms with E-state index >= 15 is 0 Å². The molecule has 0 aliphatic carbocycles. The van der Waals surface area contributed by atoms with Crippen LogP contribution in [0.1, 0.15) is 19.3 Å². The molecule has 98 valence electrons. The fourth-order valence-electron chi connectivity index (χ4n) is 1.91. The van der Waals surface area contributed by atoms with Crippen LogP contribution < -0.4 is 10.6 Å². The number of rotatable bonds is 2. The summed E-state index contributed by atoms with van der Waals surface area (Å²) in [7, 11) is 0. The fraction of sp³-hybridized carbons (Fsp3) is 0.417. The Labute approximate surface area is 102 Å². The first kappa shape index (κ1) is 12.9. The van der Waals surface area contributed by atoms with Crippen LogP contribution >= 0.6 is 0 Å². The molecule has 6 heteroatoms. The van der Waals surface area contributed by atoms with Crippen molar-refractivity contribution in [1.29, 1.82) is 0 Å². The molecule has 0 spiro atoms. The molecular weight excluding hydrogens is 245 g/mol. The number of piperidine rings is 1. The molecule has 0 unspecified atom stereocenters. The molecule has 1 aromatic rings. The molecule has 0 aromatic heterocycles. The average Bonchev–Trinajstić information content (AvgIpc) is 2.37. The van der Waals surface area contributed by atoms with Crippen LogP contribution in [-0.2, 0) is 4.79 Å². The lowest BCUT2D eigenvalue weighted by atomic mass is 10.0. The zero-order valence-corrected chi connectivity index (χ0v) is 9.60. The zero-order valence-electron chi connectivity index (χ0n) is 9.60. The van der Waals surface area contributed by atoms with Gasteiger partial charge in [-0.25, -0.2) is 13.2 Å². The number of anilines is 1. The predicted molar refractivity (Wildman–Crippen MR) is 60.6 cm³/mol. The summed E-state index contributed by atoms with van der Waals surface area (Å²) in [5, 5.41) is 5.25. The Kier molecular flexibility index (Phi) is 3.86. The topological polar surface area (TPSA) is 41.1 Å². The number of nitrogens with one attached hydrogen (secondary N) is 2. The van der Waals surface area contributed by atoms with Gasteiger partial charge in [-0.3, -0.25) is 4.79 Å². The summed E-state index contributed by atoms with van der Waals surface area (Å²) in [4.78, 5) is 11.8. The lowest BCUT2D eigenvalue weighted by molar-refractivity contribution is -0.118. The van der Waals surface area contributed by atoms with Crippen molar-refractivity contribution in [3.63, 3.8) is 0 Å². The molecule has 2 rings (SSSR count). The van der Waals surface area contributed by atoms with Gasteiger partial charge in [-0.05, 0) is 19.4 Å². The van der Waals surface area contributed by atoms with Crippen LogP contribution in [-0.4, -0.2) is 18.5 Å². The number of carbonyl (C=O) groups excluding carboxylic acids is 1. The number of halogens is 3. The first-order valence-electron chi connectivity index (χ1n) is 5.76. The summed E-state index contributed by atoms with van der Waals surface area (Å²) >= 11 is 0. The third-order valence-electron chi connectivity index (χ3n) is 2.89. The van der Waals surface area contributed by atoms with Crippen molar-refractivity contribution < 1.29 is 18.0 Å². The molecular formula is C12H13F3N2O. The van der Waals surface area contributed by atoms with E-state index in [0.717, 1.165) is 19.4 Å². The van der Waals surface area contributed by atoms with E-state index in [2.05, 4.69) is 10.6 Å². The monoisotopic (exact) mass is 258 g/mol. The van der Waals surface area contributed by atoms with E-state index in [1.54, 1.807) is 0 Å². The highest BCUT2D eigenvalue weighted by Crippen LogP contribution is 2.19. The molecule has 1 fully saturated rings. The highest BCUT2D eigenvalue weighted by molar-refractivity contribution is 5.95. The van der Waals surface area contributed by atoms with E-state index in [-0.39, 0.29) is 5.69 Å². The molecule has 1 saturated heterocycles. The third-order valence-corrected chi connectivity index (χ3v) is 2.89. The molecule has 1 atom stereocenters. The summed E-state index contributed by atoms with van der Waals surface area (Å²) in [6.45, 7) is 0.721. The van der Waals surface area contributed by atoms with Gasteiger partial charge in [0.25, 0.3) is 0 Å². The minimum atomic E-state index is -1.28. The average molecular weight is 258 g/mol. The summed E-state index contributed by atoms with van der Waals surface area (Å²) in [5.74, 6) is -3.89. The first-order valence-corrected chi connectivity index (χ1v) is 5.76. The van der Waals surface area contributed by atoms with Gasteiger partial charge in [-0.15, -0.1) is 0 Å². The van der Waals surface area contributed by atoms with Crippen molar-refractivity contribution in [2.45, 2.75) is 25.3 Å². The van der Waals surface area contributed by atoms with Gasteiger partial charge in [0.15, 0.2) is 11.6 Å². The van der Waals surface area contributed by atoms with E-state index in [1.807, 2.05) is 0 Å². The summed E-state index contributed by atoms with van der Waals surface area (Å²) in [5.41, 5.74) is -0.341. The maximum atomic E-state index is 13.3. The molecule has 1 aliphatic rings. The molecule has 1 aromatic carbocycles. The second-order valence-corrected chi connectivity index (χ2v) is 4.24. The third kappa shape index (κ3) is 2.81. The van der Waals surface area contributed by atoms with Gasteiger partial charge in [0.1, 0.15) is 5.82 Å². The van der Waals surface area contributed by atoms with Crippen LogP contribution in [0, 0.1) is 17.5 Å². The second kappa shape index (κ2) is 5.39. The Hall–Kier alpha value is -1.56. The van der Waals surface area contributed by atoms with Crippen molar-refractivity contribution in [3.8, 4) is 0 Å². The summed E-state index contributed by atoms with van der Waals surface area (Å²) in [6.07, 6.45) is 2.55. The smallest absolute Gasteiger partial charge is 0.241 e. The highest BCUT2D eigenvalue weighted by atomic mass is 19.2. The molecule has 1 heterocycles. The minimum Gasteiger partial charge on any atom is -0.322 e. The number of hydrogen-bond donors (Lipinski definition) is 2. The van der Waals surface area contributed by atoms with Gasteiger partial charge < -0.3 is 10.6 Å². The Balaban J connectivity index is 2.08. The normalized spacial score (nSPS) is 19.6. The minimum absolute atomic E-state index is 0.341. The standard InChI is InChI=1S/C12H13F3N2O/c13-7-5-9(15)11(6-8(7)14)17-12(18)10-3-1-2-4-16-10/h5-6,10,16H,1-4H2,(H,17,18)/t10-/m1/s1.